The van der Waals surface area contributed by atoms with Crippen LogP contribution in [0.25, 0.3) is 21.8 Å². The first-order chi connectivity index (χ1) is 16.3. The van der Waals surface area contributed by atoms with Crippen molar-refractivity contribution in [3.8, 4) is 0 Å². The lowest BCUT2D eigenvalue weighted by Gasteiger charge is -2.22. The highest BCUT2D eigenvalue weighted by Crippen LogP contribution is 2.15. The van der Waals surface area contributed by atoms with Crippen molar-refractivity contribution in [1.29, 1.82) is 0 Å². The van der Waals surface area contributed by atoms with Crippen LogP contribution in [-0.4, -0.2) is 33.0 Å². The van der Waals surface area contributed by atoms with Crippen LogP contribution in [0.2, 0.25) is 0 Å². The van der Waals surface area contributed by atoms with E-state index in [1.54, 1.807) is 0 Å². The summed E-state index contributed by atoms with van der Waals surface area (Å²) in [6.45, 7) is 3.36. The molecule has 3 aromatic heterocycles. The molecule has 0 radical (unpaired) electrons. The van der Waals surface area contributed by atoms with Gasteiger partial charge in [-0.15, -0.1) is 0 Å². The predicted octanol–water partition coefficient (Wildman–Crippen LogP) is 5.40. The molecule has 0 saturated carbocycles. The maximum atomic E-state index is 6.00. The molecule has 0 aliphatic rings. The third-order valence-corrected chi connectivity index (χ3v) is 5.61. The van der Waals surface area contributed by atoms with E-state index in [9.17, 15) is 0 Å². The van der Waals surface area contributed by atoms with Crippen molar-refractivity contribution in [3.05, 3.63) is 114 Å². The average Bonchev–Trinajstić information content (AvgIpc) is 2.87. The maximum absolute atomic E-state index is 6.00. The zero-order valence-corrected chi connectivity index (χ0v) is 18.5. The zero-order valence-electron chi connectivity index (χ0n) is 18.5. The van der Waals surface area contributed by atoms with Gasteiger partial charge in [0.25, 0.3) is 0 Å². The van der Waals surface area contributed by atoms with Crippen LogP contribution in [0.15, 0.2) is 97.2 Å². The van der Waals surface area contributed by atoms with Crippen molar-refractivity contribution >= 4 is 21.8 Å². The first-order valence-corrected chi connectivity index (χ1v) is 11.2. The lowest BCUT2D eigenvalue weighted by atomic mass is 10.2. The quantitative estimate of drug-likeness (QED) is 0.291. The fourth-order valence-electron chi connectivity index (χ4n) is 3.92. The Morgan fingerprint density at radius 1 is 0.606 bits per heavy atom. The third kappa shape index (κ3) is 5.58. The molecule has 33 heavy (non-hydrogen) atoms. The molecule has 0 N–H and O–H groups in total. The summed E-state index contributed by atoms with van der Waals surface area (Å²) in [5.41, 5.74) is 5.04. The standard InChI is InChI=1S/C28H26N4O/c1-3-10-27-22(7-1)12-14-25(30-27)20-32(19-24-9-5-6-16-29-24)17-18-33-21-26-15-13-23-8-2-4-11-28(23)31-26/h1-16H,17-21H2. The van der Waals surface area contributed by atoms with E-state index >= 15 is 0 Å². The minimum atomic E-state index is 0.497. The third-order valence-electron chi connectivity index (χ3n) is 5.61. The Balaban J connectivity index is 1.23. The van der Waals surface area contributed by atoms with Gasteiger partial charge in [0.2, 0.25) is 0 Å². The van der Waals surface area contributed by atoms with Gasteiger partial charge in [-0.3, -0.25) is 19.9 Å². The van der Waals surface area contributed by atoms with Gasteiger partial charge in [-0.1, -0.05) is 54.6 Å². The van der Waals surface area contributed by atoms with Gasteiger partial charge in [0.15, 0.2) is 0 Å². The normalized spacial score (nSPS) is 11.4. The van der Waals surface area contributed by atoms with E-state index < -0.39 is 0 Å². The molecule has 5 aromatic rings. The molecule has 0 spiro atoms. The van der Waals surface area contributed by atoms with Crippen LogP contribution in [0.1, 0.15) is 17.1 Å². The number of para-hydroxylation sites is 2. The van der Waals surface area contributed by atoms with E-state index in [-0.39, 0.29) is 0 Å². The fraction of sp³-hybridized carbons (Fsp3) is 0.179. The Kier molecular flexibility index (Phi) is 6.61. The summed E-state index contributed by atoms with van der Waals surface area (Å²) in [4.78, 5) is 16.4. The SMILES string of the molecule is c1ccc(CN(CCOCc2ccc3ccccc3n2)Cc2ccc3ccccc3n2)nc1. The number of fused-ring (bicyclic) bond motifs is 2. The van der Waals surface area contributed by atoms with Crippen LogP contribution in [0.5, 0.6) is 0 Å². The van der Waals surface area contributed by atoms with E-state index in [2.05, 4.69) is 52.3 Å². The van der Waals surface area contributed by atoms with Crippen molar-refractivity contribution in [2.45, 2.75) is 19.7 Å². The molecule has 5 nitrogen and oxygen atoms in total. The number of hydrogen-bond acceptors (Lipinski definition) is 5. The fourth-order valence-corrected chi connectivity index (χ4v) is 3.92. The predicted molar refractivity (Wildman–Crippen MR) is 131 cm³/mol. The number of nitrogens with zero attached hydrogens (tertiary/aromatic N) is 4. The summed E-state index contributed by atoms with van der Waals surface area (Å²) >= 11 is 0. The number of pyridine rings is 3. The molecule has 5 rings (SSSR count). The maximum Gasteiger partial charge on any atom is 0.0888 e. The number of ether oxygens (including phenoxy) is 1. The molecule has 0 amide bonds. The Labute approximate surface area is 193 Å². The lowest BCUT2D eigenvalue weighted by Crippen LogP contribution is -2.27. The highest BCUT2D eigenvalue weighted by atomic mass is 16.5. The first-order valence-electron chi connectivity index (χ1n) is 11.2. The van der Waals surface area contributed by atoms with E-state index in [4.69, 9.17) is 14.7 Å². The monoisotopic (exact) mass is 434 g/mol. The second kappa shape index (κ2) is 10.3. The van der Waals surface area contributed by atoms with E-state index in [0.29, 0.717) is 13.2 Å². The molecule has 3 heterocycles. The van der Waals surface area contributed by atoms with Crippen molar-refractivity contribution in [1.82, 2.24) is 19.9 Å². The first kappa shape index (κ1) is 21.2. The van der Waals surface area contributed by atoms with Gasteiger partial charge in [0.1, 0.15) is 0 Å². The summed E-state index contributed by atoms with van der Waals surface area (Å²) in [6, 6.07) is 30.8. The van der Waals surface area contributed by atoms with E-state index in [1.807, 2.05) is 54.7 Å². The van der Waals surface area contributed by atoms with Crippen LogP contribution >= 0.6 is 0 Å². The number of rotatable bonds is 9. The van der Waals surface area contributed by atoms with E-state index in [0.717, 1.165) is 58.5 Å². The van der Waals surface area contributed by atoms with Crippen molar-refractivity contribution in [3.63, 3.8) is 0 Å². The molecule has 0 atom stereocenters. The Hall–Kier alpha value is -3.67. The molecule has 0 saturated heterocycles. The van der Waals surface area contributed by atoms with Gasteiger partial charge >= 0.3 is 0 Å². The molecular formula is C28H26N4O. The summed E-state index contributed by atoms with van der Waals surface area (Å²) < 4.78 is 6.00. The molecule has 0 aliphatic heterocycles. The number of aromatic nitrogens is 3. The van der Waals surface area contributed by atoms with Crippen molar-refractivity contribution < 1.29 is 4.74 Å². The summed E-state index contributed by atoms with van der Waals surface area (Å²) in [5, 5.41) is 2.30. The zero-order chi connectivity index (χ0) is 22.3. The van der Waals surface area contributed by atoms with Gasteiger partial charge in [0.05, 0.1) is 41.3 Å². The second-order valence-electron chi connectivity index (χ2n) is 8.07. The molecule has 2 aromatic carbocycles. The topological polar surface area (TPSA) is 51.1 Å². The minimum Gasteiger partial charge on any atom is -0.374 e. The van der Waals surface area contributed by atoms with Gasteiger partial charge in [0, 0.05) is 36.6 Å². The highest BCUT2D eigenvalue weighted by molar-refractivity contribution is 5.79. The highest BCUT2D eigenvalue weighted by Gasteiger charge is 2.10. The Bertz CT molecular complexity index is 1340. The van der Waals surface area contributed by atoms with Crippen LogP contribution in [-0.2, 0) is 24.4 Å². The molecule has 5 heteroatoms. The Morgan fingerprint density at radius 3 is 1.97 bits per heavy atom. The summed E-state index contributed by atoms with van der Waals surface area (Å²) in [6.07, 6.45) is 1.84. The lowest BCUT2D eigenvalue weighted by molar-refractivity contribution is 0.0854. The van der Waals surface area contributed by atoms with Crippen LogP contribution in [0.4, 0.5) is 0 Å². The molecule has 0 unspecified atom stereocenters. The summed E-state index contributed by atoms with van der Waals surface area (Å²) in [5.74, 6) is 0. The molecule has 0 fully saturated rings. The number of benzene rings is 2. The van der Waals surface area contributed by atoms with Crippen LogP contribution < -0.4 is 0 Å². The largest absolute Gasteiger partial charge is 0.374 e. The number of hydrogen-bond donors (Lipinski definition) is 0. The van der Waals surface area contributed by atoms with Crippen LogP contribution in [0, 0.1) is 0 Å². The van der Waals surface area contributed by atoms with Crippen molar-refractivity contribution in [2.75, 3.05) is 13.2 Å². The Morgan fingerprint density at radius 2 is 1.24 bits per heavy atom. The molecule has 0 aliphatic carbocycles. The van der Waals surface area contributed by atoms with E-state index in [1.165, 1.54) is 0 Å². The average molecular weight is 435 g/mol. The van der Waals surface area contributed by atoms with Gasteiger partial charge in [-0.2, -0.15) is 0 Å². The second-order valence-corrected chi connectivity index (χ2v) is 8.07. The van der Waals surface area contributed by atoms with Gasteiger partial charge in [-0.25, -0.2) is 0 Å². The molecule has 164 valence electrons. The van der Waals surface area contributed by atoms with Crippen molar-refractivity contribution in [2.24, 2.45) is 0 Å². The molecule has 0 bridgehead atoms. The minimum absolute atomic E-state index is 0.497. The molecular weight excluding hydrogens is 408 g/mol. The van der Waals surface area contributed by atoms with Gasteiger partial charge < -0.3 is 4.74 Å². The van der Waals surface area contributed by atoms with Gasteiger partial charge in [-0.05, 0) is 36.4 Å². The summed E-state index contributed by atoms with van der Waals surface area (Å²) in [7, 11) is 0. The van der Waals surface area contributed by atoms with Crippen LogP contribution in [0.3, 0.4) is 0 Å². The smallest absolute Gasteiger partial charge is 0.0888 e.